The smallest absolute Gasteiger partial charge is 0.130 e. The Morgan fingerprint density at radius 1 is 1.05 bits per heavy atom. The molecule has 0 aliphatic carbocycles. The quantitative estimate of drug-likeness (QED) is 0.721. The molecule has 2 aromatic heterocycles. The van der Waals surface area contributed by atoms with Crippen molar-refractivity contribution in [3.05, 3.63) is 57.3 Å². The molecule has 0 radical (unpaired) electrons. The zero-order valence-corrected chi connectivity index (χ0v) is 13.8. The van der Waals surface area contributed by atoms with Crippen LogP contribution in [0.2, 0.25) is 15.1 Å². The zero-order chi connectivity index (χ0) is 15.9. The van der Waals surface area contributed by atoms with E-state index in [0.29, 0.717) is 26.6 Å². The van der Waals surface area contributed by atoms with Crippen LogP contribution in [-0.2, 0) is 0 Å². The molecule has 1 aromatic carbocycles. The molecule has 3 aromatic rings. The molecule has 0 saturated heterocycles. The van der Waals surface area contributed by atoms with Crippen molar-refractivity contribution in [3.8, 4) is 16.9 Å². The number of aromatic nitrogens is 3. The number of halogens is 3. The lowest BCUT2D eigenvalue weighted by atomic mass is 10.1. The first kappa shape index (κ1) is 15.2. The van der Waals surface area contributed by atoms with E-state index >= 15 is 0 Å². The van der Waals surface area contributed by atoms with Gasteiger partial charge in [0.25, 0.3) is 0 Å². The molecular weight excluding hydrogens is 343 g/mol. The van der Waals surface area contributed by atoms with Crippen molar-refractivity contribution in [2.24, 2.45) is 0 Å². The second-order valence-electron chi connectivity index (χ2n) is 4.72. The molecule has 0 amide bonds. The van der Waals surface area contributed by atoms with Gasteiger partial charge in [0.15, 0.2) is 0 Å². The fraction of sp³-hybridized carbons (Fsp3) is 0.0667. The largest absolute Gasteiger partial charge is 0.383 e. The standard InChI is InChI=1S/C15H11Cl3N4/c1-8-13(9-2-4-20-5-3-9)21-22(15(8)19)14-11(17)6-10(16)7-12(14)18/h2-7H,19H2,1H3. The van der Waals surface area contributed by atoms with Crippen LogP contribution in [0.4, 0.5) is 5.82 Å². The molecule has 22 heavy (non-hydrogen) atoms. The highest BCUT2D eigenvalue weighted by molar-refractivity contribution is 6.40. The molecule has 7 heteroatoms. The molecule has 2 N–H and O–H groups in total. The molecule has 0 saturated carbocycles. The summed E-state index contributed by atoms with van der Waals surface area (Å²) in [7, 11) is 0. The van der Waals surface area contributed by atoms with Crippen LogP contribution in [0.1, 0.15) is 5.56 Å². The van der Waals surface area contributed by atoms with Crippen LogP contribution in [0.5, 0.6) is 0 Å². The number of hydrogen-bond donors (Lipinski definition) is 1. The normalized spacial score (nSPS) is 10.9. The van der Waals surface area contributed by atoms with Gasteiger partial charge < -0.3 is 5.73 Å². The van der Waals surface area contributed by atoms with E-state index in [0.717, 1.165) is 16.8 Å². The van der Waals surface area contributed by atoms with Crippen LogP contribution >= 0.6 is 34.8 Å². The van der Waals surface area contributed by atoms with E-state index in [4.69, 9.17) is 40.5 Å². The minimum Gasteiger partial charge on any atom is -0.383 e. The van der Waals surface area contributed by atoms with Crippen LogP contribution in [0, 0.1) is 6.92 Å². The van der Waals surface area contributed by atoms with E-state index in [2.05, 4.69) is 10.1 Å². The maximum Gasteiger partial charge on any atom is 0.130 e. The fourth-order valence-corrected chi connectivity index (χ4v) is 3.18. The number of anilines is 1. The summed E-state index contributed by atoms with van der Waals surface area (Å²) >= 11 is 18.5. The summed E-state index contributed by atoms with van der Waals surface area (Å²) in [4.78, 5) is 4.00. The maximum absolute atomic E-state index is 6.25. The molecule has 0 unspecified atom stereocenters. The van der Waals surface area contributed by atoms with Gasteiger partial charge in [0.2, 0.25) is 0 Å². The third kappa shape index (κ3) is 2.54. The van der Waals surface area contributed by atoms with Crippen LogP contribution < -0.4 is 5.73 Å². The van der Waals surface area contributed by atoms with Gasteiger partial charge in [-0.25, -0.2) is 4.68 Å². The average molecular weight is 354 g/mol. The third-order valence-corrected chi connectivity index (χ3v) is 4.11. The molecule has 4 nitrogen and oxygen atoms in total. The SMILES string of the molecule is Cc1c(-c2ccncc2)nn(-c2c(Cl)cc(Cl)cc2Cl)c1N. The lowest BCUT2D eigenvalue weighted by Gasteiger charge is -2.09. The summed E-state index contributed by atoms with van der Waals surface area (Å²) in [5, 5.41) is 5.77. The molecule has 0 spiro atoms. The minimum atomic E-state index is 0.382. The van der Waals surface area contributed by atoms with Crippen molar-refractivity contribution in [2.75, 3.05) is 5.73 Å². The predicted molar refractivity (Wildman–Crippen MR) is 91.0 cm³/mol. The Morgan fingerprint density at radius 2 is 1.64 bits per heavy atom. The van der Waals surface area contributed by atoms with E-state index in [9.17, 15) is 0 Å². The third-order valence-electron chi connectivity index (χ3n) is 3.31. The Hall–Kier alpha value is -1.75. The minimum absolute atomic E-state index is 0.382. The van der Waals surface area contributed by atoms with Crippen LogP contribution in [-0.4, -0.2) is 14.8 Å². The van der Waals surface area contributed by atoms with Gasteiger partial charge in [0, 0.05) is 28.5 Å². The zero-order valence-electron chi connectivity index (χ0n) is 11.5. The molecule has 0 aliphatic heterocycles. The van der Waals surface area contributed by atoms with E-state index in [1.165, 1.54) is 4.68 Å². The van der Waals surface area contributed by atoms with E-state index in [-0.39, 0.29) is 0 Å². The highest BCUT2D eigenvalue weighted by atomic mass is 35.5. The summed E-state index contributed by atoms with van der Waals surface area (Å²) in [6, 6.07) is 6.94. The van der Waals surface area contributed by atoms with Gasteiger partial charge in [-0.2, -0.15) is 5.10 Å². The number of pyridine rings is 1. The molecule has 0 bridgehead atoms. The summed E-state index contributed by atoms with van der Waals surface area (Å²) in [5.74, 6) is 0.470. The molecule has 0 fully saturated rings. The van der Waals surface area contributed by atoms with Gasteiger partial charge in [-0.15, -0.1) is 0 Å². The van der Waals surface area contributed by atoms with Gasteiger partial charge in [0.05, 0.1) is 15.7 Å². The van der Waals surface area contributed by atoms with Crippen molar-refractivity contribution in [1.82, 2.24) is 14.8 Å². The highest BCUT2D eigenvalue weighted by Gasteiger charge is 2.19. The van der Waals surface area contributed by atoms with Gasteiger partial charge in [-0.3, -0.25) is 4.98 Å². The van der Waals surface area contributed by atoms with Crippen molar-refractivity contribution >= 4 is 40.6 Å². The van der Waals surface area contributed by atoms with Crippen molar-refractivity contribution in [1.29, 1.82) is 0 Å². The lowest BCUT2D eigenvalue weighted by Crippen LogP contribution is -2.04. The summed E-state index contributed by atoms with van der Waals surface area (Å²) in [6.45, 7) is 1.90. The number of nitrogens with two attached hydrogens (primary N) is 1. The Bertz CT molecular complexity index is 820. The van der Waals surface area contributed by atoms with Crippen LogP contribution in [0.3, 0.4) is 0 Å². The van der Waals surface area contributed by atoms with Gasteiger partial charge >= 0.3 is 0 Å². The number of hydrogen-bond acceptors (Lipinski definition) is 3. The van der Waals surface area contributed by atoms with Crippen LogP contribution in [0.25, 0.3) is 16.9 Å². The van der Waals surface area contributed by atoms with Crippen molar-refractivity contribution in [2.45, 2.75) is 6.92 Å². The Balaban J connectivity index is 2.23. The summed E-state index contributed by atoms with van der Waals surface area (Å²) < 4.78 is 1.53. The highest BCUT2D eigenvalue weighted by Crippen LogP contribution is 2.36. The first-order valence-corrected chi connectivity index (χ1v) is 7.53. The van der Waals surface area contributed by atoms with E-state index in [1.807, 2.05) is 19.1 Å². The van der Waals surface area contributed by atoms with Gasteiger partial charge in [-0.1, -0.05) is 34.8 Å². The first-order valence-electron chi connectivity index (χ1n) is 6.39. The number of rotatable bonds is 2. The molecule has 3 rings (SSSR count). The Kier molecular flexibility index (Phi) is 4.00. The Morgan fingerprint density at radius 3 is 2.23 bits per heavy atom. The van der Waals surface area contributed by atoms with Gasteiger partial charge in [-0.05, 0) is 31.2 Å². The monoisotopic (exact) mass is 352 g/mol. The van der Waals surface area contributed by atoms with Crippen molar-refractivity contribution < 1.29 is 0 Å². The predicted octanol–water partition coefficient (Wildman–Crippen LogP) is 4.79. The summed E-state index contributed by atoms with van der Waals surface area (Å²) in [5.41, 5.74) is 9.20. The summed E-state index contributed by atoms with van der Waals surface area (Å²) in [6.07, 6.45) is 3.40. The van der Waals surface area contributed by atoms with Crippen molar-refractivity contribution in [3.63, 3.8) is 0 Å². The lowest BCUT2D eigenvalue weighted by molar-refractivity contribution is 0.895. The maximum atomic E-state index is 6.25. The number of nitrogen functional groups attached to an aromatic ring is 1. The fourth-order valence-electron chi connectivity index (χ4n) is 2.20. The molecule has 0 aliphatic rings. The number of benzene rings is 1. The Labute approximate surface area is 142 Å². The molecule has 2 heterocycles. The second-order valence-corrected chi connectivity index (χ2v) is 5.98. The number of nitrogens with zero attached hydrogens (tertiary/aromatic N) is 3. The van der Waals surface area contributed by atoms with E-state index in [1.54, 1.807) is 24.5 Å². The topological polar surface area (TPSA) is 56.7 Å². The molecular formula is C15H11Cl3N4. The molecule has 112 valence electrons. The van der Waals surface area contributed by atoms with Crippen LogP contribution in [0.15, 0.2) is 36.7 Å². The van der Waals surface area contributed by atoms with E-state index < -0.39 is 0 Å². The first-order chi connectivity index (χ1) is 10.5. The molecule has 0 atom stereocenters. The van der Waals surface area contributed by atoms with Gasteiger partial charge in [0.1, 0.15) is 11.5 Å². The average Bonchev–Trinajstić information content (AvgIpc) is 2.76. The second kappa shape index (κ2) is 5.80.